The van der Waals surface area contributed by atoms with Crippen LogP contribution in [0.2, 0.25) is 5.02 Å². The molecule has 0 heterocycles. The second-order valence-electron chi connectivity index (χ2n) is 3.29. The van der Waals surface area contributed by atoms with Crippen LogP contribution in [-0.2, 0) is 0 Å². The summed E-state index contributed by atoms with van der Waals surface area (Å²) < 4.78 is 26.8. The van der Waals surface area contributed by atoms with E-state index in [4.69, 9.17) is 23.1 Å². The highest BCUT2D eigenvalue weighted by Crippen LogP contribution is 2.27. The lowest BCUT2D eigenvalue weighted by Crippen LogP contribution is -2.16. The molecule has 0 fully saturated rings. The van der Waals surface area contributed by atoms with Crippen molar-refractivity contribution in [3.8, 4) is 0 Å². The second kappa shape index (κ2) is 7.01. The minimum absolute atomic E-state index is 0. The fourth-order valence-electron chi connectivity index (χ4n) is 1.36. The first kappa shape index (κ1) is 15.6. The summed E-state index contributed by atoms with van der Waals surface area (Å²) in [7, 11) is 0. The number of nitrogens with two attached hydrogens (primary N) is 2. The highest BCUT2D eigenvalue weighted by atomic mass is 35.5. The Balaban J connectivity index is 0.00000225. The van der Waals surface area contributed by atoms with Gasteiger partial charge < -0.3 is 11.5 Å². The summed E-state index contributed by atoms with van der Waals surface area (Å²) in [5.41, 5.74) is 10.8. The third-order valence-corrected chi connectivity index (χ3v) is 2.46. The van der Waals surface area contributed by atoms with E-state index in [9.17, 15) is 8.78 Å². The van der Waals surface area contributed by atoms with Gasteiger partial charge in [0.15, 0.2) is 0 Å². The zero-order valence-corrected chi connectivity index (χ0v) is 10.1. The molecule has 92 valence electrons. The Labute approximate surface area is 104 Å². The summed E-state index contributed by atoms with van der Waals surface area (Å²) in [4.78, 5) is 0. The number of benzene rings is 1. The molecule has 1 atom stereocenters. The standard InChI is InChI=1S/C10H13ClF2N2.ClH/c11-6-3-4-7(12)9(10(6)13)8(15)2-1-5-14;/h3-4,8H,1-2,5,14-15H2;1H/t8-;/m1./s1. The van der Waals surface area contributed by atoms with Crippen molar-refractivity contribution in [1.82, 2.24) is 0 Å². The van der Waals surface area contributed by atoms with E-state index in [0.29, 0.717) is 19.4 Å². The SMILES string of the molecule is Cl.NCCC[C@@H](N)c1c(F)ccc(Cl)c1F. The van der Waals surface area contributed by atoms with E-state index in [0.717, 1.165) is 6.07 Å². The lowest BCUT2D eigenvalue weighted by atomic mass is 10.0. The van der Waals surface area contributed by atoms with Gasteiger partial charge in [-0.1, -0.05) is 11.6 Å². The summed E-state index contributed by atoms with van der Waals surface area (Å²) in [6.45, 7) is 0.442. The van der Waals surface area contributed by atoms with Crippen LogP contribution in [0.25, 0.3) is 0 Å². The van der Waals surface area contributed by atoms with Crippen molar-refractivity contribution in [3.63, 3.8) is 0 Å². The molecule has 0 aromatic heterocycles. The van der Waals surface area contributed by atoms with Crippen molar-refractivity contribution in [2.45, 2.75) is 18.9 Å². The van der Waals surface area contributed by atoms with Crippen LogP contribution in [0.15, 0.2) is 12.1 Å². The molecular formula is C10H14Cl2F2N2. The van der Waals surface area contributed by atoms with Gasteiger partial charge in [-0.25, -0.2) is 8.78 Å². The predicted molar refractivity (Wildman–Crippen MR) is 63.8 cm³/mol. The van der Waals surface area contributed by atoms with Gasteiger partial charge in [0, 0.05) is 11.6 Å². The highest BCUT2D eigenvalue weighted by molar-refractivity contribution is 6.30. The minimum atomic E-state index is -0.777. The molecule has 0 aliphatic carbocycles. The molecule has 0 amide bonds. The summed E-state index contributed by atoms with van der Waals surface area (Å²) in [6.07, 6.45) is 1.05. The Morgan fingerprint density at radius 2 is 1.94 bits per heavy atom. The van der Waals surface area contributed by atoms with Crippen LogP contribution < -0.4 is 11.5 Å². The predicted octanol–water partition coefficient (Wildman–Crippen LogP) is 2.78. The fourth-order valence-corrected chi connectivity index (χ4v) is 1.53. The zero-order chi connectivity index (χ0) is 11.4. The third-order valence-electron chi connectivity index (χ3n) is 2.17. The van der Waals surface area contributed by atoms with Crippen molar-refractivity contribution < 1.29 is 8.78 Å². The normalized spacial score (nSPS) is 12.1. The molecule has 0 aliphatic rings. The molecule has 0 radical (unpaired) electrons. The Kier molecular flexibility index (Phi) is 6.83. The van der Waals surface area contributed by atoms with Crippen molar-refractivity contribution in [2.24, 2.45) is 11.5 Å². The molecule has 0 bridgehead atoms. The van der Waals surface area contributed by atoms with Crippen molar-refractivity contribution >= 4 is 24.0 Å². The lowest BCUT2D eigenvalue weighted by molar-refractivity contribution is 0.506. The largest absolute Gasteiger partial charge is 0.330 e. The van der Waals surface area contributed by atoms with Crippen LogP contribution >= 0.6 is 24.0 Å². The quantitative estimate of drug-likeness (QED) is 0.827. The van der Waals surface area contributed by atoms with Gasteiger partial charge in [-0.05, 0) is 31.5 Å². The Hall–Kier alpha value is -0.420. The van der Waals surface area contributed by atoms with E-state index in [2.05, 4.69) is 0 Å². The third kappa shape index (κ3) is 3.56. The molecule has 1 rings (SSSR count). The van der Waals surface area contributed by atoms with Crippen molar-refractivity contribution in [3.05, 3.63) is 34.4 Å². The molecule has 6 heteroatoms. The minimum Gasteiger partial charge on any atom is -0.330 e. The van der Waals surface area contributed by atoms with E-state index in [1.807, 2.05) is 0 Å². The van der Waals surface area contributed by atoms with E-state index < -0.39 is 17.7 Å². The smallest absolute Gasteiger partial charge is 0.149 e. The summed E-state index contributed by atoms with van der Waals surface area (Å²) in [5.74, 6) is -1.44. The molecular weight excluding hydrogens is 257 g/mol. The fraction of sp³-hybridized carbons (Fsp3) is 0.400. The van der Waals surface area contributed by atoms with Gasteiger partial charge in [-0.3, -0.25) is 0 Å². The molecule has 16 heavy (non-hydrogen) atoms. The Morgan fingerprint density at radius 3 is 2.50 bits per heavy atom. The number of halogens is 4. The van der Waals surface area contributed by atoms with Gasteiger partial charge in [0.2, 0.25) is 0 Å². The molecule has 1 aromatic carbocycles. The van der Waals surface area contributed by atoms with Gasteiger partial charge >= 0.3 is 0 Å². The summed E-state index contributed by atoms with van der Waals surface area (Å²) in [5, 5.41) is -0.116. The van der Waals surface area contributed by atoms with Gasteiger partial charge in [0.05, 0.1) is 5.02 Å². The van der Waals surface area contributed by atoms with Crippen molar-refractivity contribution in [2.75, 3.05) is 6.54 Å². The maximum Gasteiger partial charge on any atom is 0.149 e. The van der Waals surface area contributed by atoms with E-state index in [-0.39, 0.29) is 23.0 Å². The van der Waals surface area contributed by atoms with Crippen LogP contribution in [-0.4, -0.2) is 6.54 Å². The van der Waals surface area contributed by atoms with Crippen LogP contribution in [0.1, 0.15) is 24.4 Å². The van der Waals surface area contributed by atoms with Crippen LogP contribution in [0.5, 0.6) is 0 Å². The van der Waals surface area contributed by atoms with Crippen LogP contribution in [0, 0.1) is 11.6 Å². The second-order valence-corrected chi connectivity index (χ2v) is 3.70. The topological polar surface area (TPSA) is 52.0 Å². The molecule has 0 spiro atoms. The molecule has 0 saturated carbocycles. The van der Waals surface area contributed by atoms with E-state index in [1.165, 1.54) is 6.07 Å². The zero-order valence-electron chi connectivity index (χ0n) is 8.55. The highest BCUT2D eigenvalue weighted by Gasteiger charge is 2.18. The first-order valence-electron chi connectivity index (χ1n) is 4.67. The van der Waals surface area contributed by atoms with E-state index in [1.54, 1.807) is 0 Å². The number of hydrogen-bond donors (Lipinski definition) is 2. The maximum atomic E-state index is 13.5. The van der Waals surface area contributed by atoms with Gasteiger partial charge in [0.25, 0.3) is 0 Å². The Bertz CT molecular complexity index is 348. The number of rotatable bonds is 4. The first-order valence-corrected chi connectivity index (χ1v) is 5.04. The monoisotopic (exact) mass is 270 g/mol. The van der Waals surface area contributed by atoms with Gasteiger partial charge in [-0.2, -0.15) is 0 Å². The average Bonchev–Trinajstić information content (AvgIpc) is 2.21. The van der Waals surface area contributed by atoms with Crippen LogP contribution in [0.3, 0.4) is 0 Å². The number of hydrogen-bond acceptors (Lipinski definition) is 2. The molecule has 4 N–H and O–H groups in total. The van der Waals surface area contributed by atoms with Crippen molar-refractivity contribution in [1.29, 1.82) is 0 Å². The average molecular weight is 271 g/mol. The van der Waals surface area contributed by atoms with Gasteiger partial charge in [-0.15, -0.1) is 12.4 Å². The first-order chi connectivity index (χ1) is 7.07. The van der Waals surface area contributed by atoms with E-state index >= 15 is 0 Å². The molecule has 1 aromatic rings. The molecule has 2 nitrogen and oxygen atoms in total. The van der Waals surface area contributed by atoms with Crippen LogP contribution in [0.4, 0.5) is 8.78 Å². The maximum absolute atomic E-state index is 13.5. The summed E-state index contributed by atoms with van der Waals surface area (Å²) in [6, 6.07) is 1.58. The molecule has 0 unspecified atom stereocenters. The molecule has 0 saturated heterocycles. The van der Waals surface area contributed by atoms with Gasteiger partial charge in [0.1, 0.15) is 11.6 Å². The molecule has 0 aliphatic heterocycles. The lowest BCUT2D eigenvalue weighted by Gasteiger charge is -2.13. The Morgan fingerprint density at radius 1 is 1.31 bits per heavy atom. The summed E-state index contributed by atoms with van der Waals surface area (Å²) >= 11 is 5.54.